The Balaban J connectivity index is 5.09. The maximum absolute atomic E-state index is 11.7. The molecule has 0 radical (unpaired) electrons. The van der Waals surface area contributed by atoms with Crippen LogP contribution in [-0.4, -0.2) is 31.1 Å². The van der Waals surface area contributed by atoms with Gasteiger partial charge in [0.1, 0.15) is 0 Å². The van der Waals surface area contributed by atoms with Gasteiger partial charge in [-0.2, -0.15) is 14.8 Å². The molecule has 0 aliphatic rings. The lowest BCUT2D eigenvalue weighted by Crippen LogP contribution is -2.42. The van der Waals surface area contributed by atoms with Crippen molar-refractivity contribution in [1.29, 1.82) is 10.5 Å². The summed E-state index contributed by atoms with van der Waals surface area (Å²) >= 11 is 0. The Kier molecular flexibility index (Phi) is 4.73. The monoisotopic (exact) mass is 229 g/mol. The smallest absolute Gasteiger partial charge is 0.210 e. The summed E-state index contributed by atoms with van der Waals surface area (Å²) in [7, 11) is -2.44. The minimum Gasteiger partial charge on any atom is -0.210 e. The molecule has 0 heterocycles. The average Bonchev–Trinajstić information content (AvgIpc) is 2.16. The lowest BCUT2D eigenvalue weighted by atomic mass is 10.1. The SMILES string of the molecule is CC(C)C(C)N(C)S(=O)(=O)C(C#N)C#N. The Morgan fingerprint density at radius 3 is 1.80 bits per heavy atom. The number of rotatable bonds is 4. The van der Waals surface area contributed by atoms with Crippen molar-refractivity contribution in [2.45, 2.75) is 32.1 Å². The van der Waals surface area contributed by atoms with Crippen molar-refractivity contribution < 1.29 is 8.42 Å². The van der Waals surface area contributed by atoms with E-state index in [1.807, 2.05) is 13.8 Å². The second kappa shape index (κ2) is 5.11. The third kappa shape index (κ3) is 2.92. The first-order chi connectivity index (χ1) is 6.78. The van der Waals surface area contributed by atoms with Crippen LogP contribution < -0.4 is 0 Å². The zero-order valence-electron chi connectivity index (χ0n) is 9.30. The average molecular weight is 229 g/mol. The number of nitriles is 2. The third-order valence-corrected chi connectivity index (χ3v) is 4.41. The van der Waals surface area contributed by atoms with E-state index in [0.717, 1.165) is 4.31 Å². The molecule has 0 saturated heterocycles. The van der Waals surface area contributed by atoms with Crippen LogP contribution in [0, 0.1) is 28.6 Å². The third-order valence-electron chi connectivity index (χ3n) is 2.47. The van der Waals surface area contributed by atoms with Crippen LogP contribution in [0.4, 0.5) is 0 Å². The molecule has 0 spiro atoms. The van der Waals surface area contributed by atoms with E-state index in [4.69, 9.17) is 10.5 Å². The maximum Gasteiger partial charge on any atom is 0.247 e. The summed E-state index contributed by atoms with van der Waals surface area (Å²) in [5, 5.41) is 15.5. The Morgan fingerprint density at radius 2 is 1.53 bits per heavy atom. The molecule has 0 aliphatic carbocycles. The largest absolute Gasteiger partial charge is 0.247 e. The molecule has 6 heteroatoms. The summed E-state index contributed by atoms with van der Waals surface area (Å²) in [6.07, 6.45) is 0. The molecule has 0 aromatic carbocycles. The molecular formula is C9H15N3O2S. The van der Waals surface area contributed by atoms with Gasteiger partial charge in [0.2, 0.25) is 15.3 Å². The van der Waals surface area contributed by atoms with E-state index in [2.05, 4.69) is 0 Å². The van der Waals surface area contributed by atoms with Gasteiger partial charge in [-0.25, -0.2) is 8.42 Å². The van der Waals surface area contributed by atoms with E-state index in [0.29, 0.717) is 0 Å². The Bertz CT molecular complexity index is 375. The topological polar surface area (TPSA) is 85.0 Å². The van der Waals surface area contributed by atoms with Crippen molar-refractivity contribution in [3.63, 3.8) is 0 Å². The number of sulfonamides is 1. The molecule has 0 aliphatic heterocycles. The van der Waals surface area contributed by atoms with Gasteiger partial charge in [-0.05, 0) is 12.8 Å². The zero-order valence-corrected chi connectivity index (χ0v) is 10.1. The van der Waals surface area contributed by atoms with Crippen LogP contribution in [-0.2, 0) is 10.0 Å². The van der Waals surface area contributed by atoms with Gasteiger partial charge in [-0.3, -0.25) is 0 Å². The van der Waals surface area contributed by atoms with Crippen LogP contribution in [0.1, 0.15) is 20.8 Å². The minimum atomic E-state index is -3.83. The first kappa shape index (κ1) is 13.9. The molecule has 0 saturated carbocycles. The summed E-state index contributed by atoms with van der Waals surface area (Å²) in [5.41, 5.74) is 0. The van der Waals surface area contributed by atoms with Crippen LogP contribution in [0.3, 0.4) is 0 Å². The molecule has 84 valence electrons. The maximum atomic E-state index is 11.7. The Morgan fingerprint density at radius 1 is 1.13 bits per heavy atom. The summed E-state index contributed by atoms with van der Waals surface area (Å²) in [6.45, 7) is 5.50. The van der Waals surface area contributed by atoms with Crippen LogP contribution in [0.15, 0.2) is 0 Å². The van der Waals surface area contributed by atoms with Crippen LogP contribution in [0.2, 0.25) is 0 Å². The van der Waals surface area contributed by atoms with E-state index in [1.54, 1.807) is 6.92 Å². The predicted octanol–water partition coefficient (Wildman–Crippen LogP) is 0.708. The van der Waals surface area contributed by atoms with E-state index < -0.39 is 15.3 Å². The van der Waals surface area contributed by atoms with Gasteiger partial charge < -0.3 is 0 Å². The van der Waals surface area contributed by atoms with Gasteiger partial charge >= 0.3 is 0 Å². The van der Waals surface area contributed by atoms with Gasteiger partial charge in [0, 0.05) is 13.1 Å². The van der Waals surface area contributed by atoms with Crippen LogP contribution in [0.25, 0.3) is 0 Å². The quantitative estimate of drug-likeness (QED) is 0.710. The second-order valence-corrected chi connectivity index (χ2v) is 5.76. The van der Waals surface area contributed by atoms with Crippen molar-refractivity contribution in [1.82, 2.24) is 4.31 Å². The van der Waals surface area contributed by atoms with Gasteiger partial charge in [-0.15, -0.1) is 0 Å². The second-order valence-electron chi connectivity index (χ2n) is 3.68. The van der Waals surface area contributed by atoms with Gasteiger partial charge in [0.25, 0.3) is 0 Å². The summed E-state index contributed by atoms with van der Waals surface area (Å²) in [6, 6.07) is 2.72. The van der Waals surface area contributed by atoms with E-state index in [-0.39, 0.29) is 12.0 Å². The number of nitrogens with zero attached hydrogens (tertiary/aromatic N) is 3. The first-order valence-electron chi connectivity index (χ1n) is 4.55. The molecular weight excluding hydrogens is 214 g/mol. The van der Waals surface area contributed by atoms with E-state index >= 15 is 0 Å². The predicted molar refractivity (Wildman–Crippen MR) is 56.0 cm³/mol. The van der Waals surface area contributed by atoms with Crippen molar-refractivity contribution in [3.05, 3.63) is 0 Å². The van der Waals surface area contributed by atoms with Gasteiger partial charge in [-0.1, -0.05) is 13.8 Å². The molecule has 1 unspecified atom stereocenters. The van der Waals surface area contributed by atoms with Gasteiger partial charge in [0.05, 0.1) is 12.1 Å². The van der Waals surface area contributed by atoms with Crippen LogP contribution in [0.5, 0.6) is 0 Å². The Hall–Kier alpha value is -1.11. The molecule has 0 rings (SSSR count). The lowest BCUT2D eigenvalue weighted by Gasteiger charge is -2.27. The number of hydrogen-bond acceptors (Lipinski definition) is 4. The molecule has 5 nitrogen and oxygen atoms in total. The fourth-order valence-corrected chi connectivity index (χ4v) is 2.29. The highest BCUT2D eigenvalue weighted by Gasteiger charge is 2.33. The molecule has 0 aromatic heterocycles. The van der Waals surface area contributed by atoms with Crippen molar-refractivity contribution in [3.8, 4) is 12.1 Å². The molecule has 15 heavy (non-hydrogen) atoms. The summed E-state index contributed by atoms with van der Waals surface area (Å²) in [4.78, 5) is 0. The van der Waals surface area contributed by atoms with Crippen LogP contribution >= 0.6 is 0 Å². The van der Waals surface area contributed by atoms with Gasteiger partial charge in [0.15, 0.2) is 0 Å². The van der Waals surface area contributed by atoms with E-state index in [9.17, 15) is 8.42 Å². The summed E-state index contributed by atoms with van der Waals surface area (Å²) in [5.74, 6) is 0.128. The molecule has 0 aromatic rings. The fraction of sp³-hybridized carbons (Fsp3) is 0.778. The zero-order chi connectivity index (χ0) is 12.2. The molecule has 0 bridgehead atoms. The normalized spacial score (nSPS) is 13.9. The molecule has 0 amide bonds. The molecule has 1 atom stereocenters. The molecule has 0 fully saturated rings. The lowest BCUT2D eigenvalue weighted by molar-refractivity contribution is 0.315. The Labute approximate surface area is 91.0 Å². The highest BCUT2D eigenvalue weighted by atomic mass is 32.2. The van der Waals surface area contributed by atoms with E-state index in [1.165, 1.54) is 19.2 Å². The highest BCUT2D eigenvalue weighted by molar-refractivity contribution is 7.90. The fourth-order valence-electron chi connectivity index (χ4n) is 0.980. The number of hydrogen-bond donors (Lipinski definition) is 0. The van der Waals surface area contributed by atoms with Crippen molar-refractivity contribution in [2.24, 2.45) is 5.92 Å². The van der Waals surface area contributed by atoms with Crippen molar-refractivity contribution in [2.75, 3.05) is 7.05 Å². The van der Waals surface area contributed by atoms with Crippen molar-refractivity contribution >= 4 is 10.0 Å². The minimum absolute atomic E-state index is 0.128. The summed E-state index contributed by atoms with van der Waals surface area (Å²) < 4.78 is 24.5. The molecule has 0 N–H and O–H groups in total. The first-order valence-corrected chi connectivity index (χ1v) is 6.05. The standard InChI is InChI=1S/C9H15N3O2S/c1-7(2)8(3)12(4)15(13,14)9(5-10)6-11/h7-9H,1-4H3. The highest BCUT2D eigenvalue weighted by Crippen LogP contribution is 2.15.